The first-order chi connectivity index (χ1) is 20.5. The second kappa shape index (κ2) is 15.7. The smallest absolute Gasteiger partial charge is 0.274 e. The first kappa shape index (κ1) is 32.3. The summed E-state index contributed by atoms with van der Waals surface area (Å²) < 4.78 is 1.56. The summed E-state index contributed by atoms with van der Waals surface area (Å²) in [5.74, 6) is -2.07. The summed E-state index contributed by atoms with van der Waals surface area (Å²) in [6.45, 7) is 0.987. The molecular weight excluding hydrogens is 552 g/mol. The Kier molecular flexibility index (Phi) is 11.8. The number of primary amides is 1. The standard InChI is InChI=1S/C28H40N12O3/c29-20(10-4-13-35-27(31)32)25(42)38-22-16-40(15-12-18-8-3-7-17-6-1-2-9-19(17)18)39-23(22)26(43)37-21(24(30)41)11-5-14-36-28(33)34/h1-3,6-9,16,20-21H,4-5,10-15,29H2,(H2,30,41)(H,37,43)(H,38,42)(H4,31,32,35)(H4,33,34,36)/t20-,21-/m0/s1. The van der Waals surface area contributed by atoms with Gasteiger partial charge in [-0.1, -0.05) is 42.5 Å². The average Bonchev–Trinajstić information content (AvgIpc) is 3.37. The number of nitrogens with two attached hydrogens (primary N) is 6. The minimum Gasteiger partial charge on any atom is -0.370 e. The van der Waals surface area contributed by atoms with Crippen molar-refractivity contribution in [2.45, 2.75) is 50.7 Å². The van der Waals surface area contributed by atoms with Gasteiger partial charge < -0.3 is 45.0 Å². The number of aromatic nitrogens is 2. The third-order valence-electron chi connectivity index (χ3n) is 6.62. The van der Waals surface area contributed by atoms with E-state index in [0.717, 1.165) is 16.3 Å². The number of nitrogens with zero attached hydrogens (tertiary/aromatic N) is 4. The Morgan fingerprint density at radius 3 is 2.21 bits per heavy atom. The molecule has 0 aliphatic carbocycles. The van der Waals surface area contributed by atoms with Gasteiger partial charge >= 0.3 is 0 Å². The van der Waals surface area contributed by atoms with Crippen molar-refractivity contribution in [3.05, 3.63) is 59.9 Å². The topological polar surface area (TPSA) is 274 Å². The maximum absolute atomic E-state index is 13.3. The highest BCUT2D eigenvalue weighted by Crippen LogP contribution is 2.21. The lowest BCUT2D eigenvalue weighted by molar-refractivity contribution is -0.120. The second-order valence-electron chi connectivity index (χ2n) is 9.96. The van der Waals surface area contributed by atoms with Crippen LogP contribution in [-0.4, -0.2) is 64.6 Å². The van der Waals surface area contributed by atoms with E-state index in [1.807, 2.05) is 42.5 Å². The van der Waals surface area contributed by atoms with Crippen LogP contribution in [0.2, 0.25) is 0 Å². The van der Waals surface area contributed by atoms with Crippen LogP contribution in [0.3, 0.4) is 0 Å². The van der Waals surface area contributed by atoms with Gasteiger partial charge in [-0.15, -0.1) is 0 Å². The van der Waals surface area contributed by atoms with E-state index >= 15 is 0 Å². The lowest BCUT2D eigenvalue weighted by atomic mass is 10.0. The van der Waals surface area contributed by atoms with E-state index < -0.39 is 29.8 Å². The molecule has 0 bridgehead atoms. The molecule has 0 aliphatic rings. The van der Waals surface area contributed by atoms with Crippen molar-refractivity contribution in [2.24, 2.45) is 44.4 Å². The fourth-order valence-electron chi connectivity index (χ4n) is 4.43. The number of hydrogen-bond acceptors (Lipinski definition) is 7. The van der Waals surface area contributed by atoms with Gasteiger partial charge in [0.05, 0.1) is 11.7 Å². The largest absolute Gasteiger partial charge is 0.370 e. The predicted molar refractivity (Wildman–Crippen MR) is 167 cm³/mol. The van der Waals surface area contributed by atoms with Crippen molar-refractivity contribution in [1.29, 1.82) is 0 Å². The molecule has 0 saturated carbocycles. The number of carbonyl (C=O) groups excluding carboxylic acids is 3. The molecule has 0 unspecified atom stereocenters. The zero-order valence-corrected chi connectivity index (χ0v) is 23.9. The molecule has 2 atom stereocenters. The molecule has 0 saturated heterocycles. The maximum Gasteiger partial charge on any atom is 0.274 e. The molecule has 2 aromatic carbocycles. The van der Waals surface area contributed by atoms with Crippen LogP contribution in [0.15, 0.2) is 58.6 Å². The monoisotopic (exact) mass is 592 g/mol. The lowest BCUT2D eigenvalue weighted by Crippen LogP contribution is -2.45. The van der Waals surface area contributed by atoms with Gasteiger partial charge in [0.15, 0.2) is 17.6 Å². The summed E-state index contributed by atoms with van der Waals surface area (Å²) in [4.78, 5) is 46.1. The third-order valence-corrected chi connectivity index (χ3v) is 6.62. The van der Waals surface area contributed by atoms with Crippen LogP contribution in [0.5, 0.6) is 0 Å². The number of anilines is 1. The zero-order valence-electron chi connectivity index (χ0n) is 23.9. The molecule has 0 aliphatic heterocycles. The van der Waals surface area contributed by atoms with Crippen LogP contribution in [0.4, 0.5) is 5.69 Å². The summed E-state index contributed by atoms with van der Waals surface area (Å²) in [6.07, 6.45) is 3.54. The first-order valence-corrected chi connectivity index (χ1v) is 13.9. The fourth-order valence-corrected chi connectivity index (χ4v) is 4.43. The summed E-state index contributed by atoms with van der Waals surface area (Å²) in [6, 6.07) is 12.2. The van der Waals surface area contributed by atoms with Crippen LogP contribution >= 0.6 is 0 Å². The van der Waals surface area contributed by atoms with Crippen LogP contribution in [0.1, 0.15) is 41.7 Å². The van der Waals surface area contributed by atoms with E-state index in [2.05, 4.69) is 25.7 Å². The number of benzene rings is 2. The van der Waals surface area contributed by atoms with Crippen molar-refractivity contribution < 1.29 is 14.4 Å². The van der Waals surface area contributed by atoms with Gasteiger partial charge in [0.2, 0.25) is 11.8 Å². The van der Waals surface area contributed by atoms with Crippen LogP contribution in [0.25, 0.3) is 10.8 Å². The Balaban J connectivity index is 1.78. The van der Waals surface area contributed by atoms with E-state index in [9.17, 15) is 14.4 Å². The SMILES string of the molecule is NC(=O)[C@H](CCCN=C(N)N)NC(=O)c1nn(CCc2cccc3ccccc23)cc1NC(=O)[C@@H](N)CCCN=C(N)N. The molecule has 0 fully saturated rings. The summed E-state index contributed by atoms with van der Waals surface area (Å²) in [5.41, 5.74) is 34.1. The van der Waals surface area contributed by atoms with Crippen molar-refractivity contribution in [3.8, 4) is 0 Å². The highest BCUT2D eigenvalue weighted by Gasteiger charge is 2.25. The minimum absolute atomic E-state index is 0.0462. The highest BCUT2D eigenvalue weighted by atomic mass is 16.2. The Hall–Kier alpha value is -5.18. The van der Waals surface area contributed by atoms with Gasteiger partial charge in [0.25, 0.3) is 5.91 Å². The second-order valence-corrected chi connectivity index (χ2v) is 9.96. The molecule has 3 aromatic rings. The van der Waals surface area contributed by atoms with Crippen molar-refractivity contribution in [3.63, 3.8) is 0 Å². The van der Waals surface area contributed by atoms with Gasteiger partial charge in [-0.05, 0) is 48.4 Å². The molecule has 0 spiro atoms. The molecule has 15 heteroatoms. The molecule has 3 amide bonds. The van der Waals surface area contributed by atoms with Gasteiger partial charge in [-0.2, -0.15) is 5.10 Å². The number of hydrogen-bond donors (Lipinski definition) is 8. The van der Waals surface area contributed by atoms with Crippen molar-refractivity contribution >= 4 is 46.1 Å². The van der Waals surface area contributed by atoms with Crippen LogP contribution in [-0.2, 0) is 22.6 Å². The number of guanidine groups is 2. The molecule has 43 heavy (non-hydrogen) atoms. The van der Waals surface area contributed by atoms with E-state index in [1.54, 1.807) is 10.9 Å². The zero-order chi connectivity index (χ0) is 31.4. The summed E-state index contributed by atoms with van der Waals surface area (Å²) in [5, 5.41) is 12.0. The van der Waals surface area contributed by atoms with E-state index in [0.29, 0.717) is 38.8 Å². The number of aryl methyl sites for hydroxylation is 2. The number of aliphatic imine (C=N–C) groups is 2. The molecule has 15 nitrogen and oxygen atoms in total. The number of nitrogens with one attached hydrogen (secondary N) is 2. The molecule has 1 aromatic heterocycles. The Bertz CT molecular complexity index is 1470. The van der Waals surface area contributed by atoms with E-state index in [4.69, 9.17) is 34.4 Å². The number of fused-ring (bicyclic) bond motifs is 1. The third kappa shape index (κ3) is 10.00. The summed E-state index contributed by atoms with van der Waals surface area (Å²) in [7, 11) is 0. The van der Waals surface area contributed by atoms with Crippen molar-refractivity contribution in [1.82, 2.24) is 15.1 Å². The Morgan fingerprint density at radius 1 is 0.884 bits per heavy atom. The molecule has 230 valence electrons. The minimum atomic E-state index is -1.01. The summed E-state index contributed by atoms with van der Waals surface area (Å²) >= 11 is 0. The maximum atomic E-state index is 13.3. The molecular formula is C28H40N12O3. The first-order valence-electron chi connectivity index (χ1n) is 13.9. The predicted octanol–water partition coefficient (Wildman–Crippen LogP) is -0.764. The average molecular weight is 593 g/mol. The molecule has 1 heterocycles. The number of rotatable bonds is 16. The normalized spacial score (nSPS) is 12.2. The van der Waals surface area contributed by atoms with E-state index in [1.165, 1.54) is 0 Å². The Labute approximate surface area is 249 Å². The van der Waals surface area contributed by atoms with Gasteiger partial charge in [0.1, 0.15) is 6.04 Å². The van der Waals surface area contributed by atoms with E-state index in [-0.39, 0.29) is 36.3 Å². The molecule has 14 N–H and O–H groups in total. The lowest BCUT2D eigenvalue weighted by Gasteiger charge is -2.15. The highest BCUT2D eigenvalue weighted by molar-refractivity contribution is 6.04. The van der Waals surface area contributed by atoms with Crippen LogP contribution < -0.4 is 45.0 Å². The van der Waals surface area contributed by atoms with Gasteiger partial charge in [0, 0.05) is 25.8 Å². The molecule has 3 rings (SSSR count). The van der Waals surface area contributed by atoms with Crippen LogP contribution in [0, 0.1) is 0 Å². The molecule has 0 radical (unpaired) electrons. The fraction of sp³-hybridized carbons (Fsp3) is 0.357. The quantitative estimate of drug-likeness (QED) is 0.0588. The Morgan fingerprint density at radius 2 is 1.53 bits per heavy atom. The van der Waals surface area contributed by atoms with Crippen molar-refractivity contribution in [2.75, 3.05) is 18.4 Å². The van der Waals surface area contributed by atoms with Gasteiger partial charge in [-0.25, -0.2) is 0 Å². The number of carbonyl (C=O) groups is 3. The van der Waals surface area contributed by atoms with Gasteiger partial charge in [-0.3, -0.25) is 29.1 Å². The number of amides is 3.